The van der Waals surface area contributed by atoms with Gasteiger partial charge in [0, 0.05) is 13.6 Å². The Morgan fingerprint density at radius 1 is 1.29 bits per heavy atom. The molecule has 0 aromatic rings. The fourth-order valence-electron chi connectivity index (χ4n) is 1.87. The molecule has 1 aliphatic rings. The van der Waals surface area contributed by atoms with Gasteiger partial charge in [0.05, 0.1) is 18.7 Å². The first kappa shape index (κ1) is 17.5. The number of carbonyl (C=O) groups is 2. The van der Waals surface area contributed by atoms with Crippen LogP contribution in [0.5, 0.6) is 0 Å². The molecule has 0 aromatic carbocycles. The van der Waals surface area contributed by atoms with Crippen molar-refractivity contribution in [3.8, 4) is 0 Å². The van der Waals surface area contributed by atoms with Gasteiger partial charge in [-0.25, -0.2) is 9.80 Å². The second kappa shape index (κ2) is 6.03. The van der Waals surface area contributed by atoms with E-state index in [0.717, 1.165) is 0 Å². The van der Waals surface area contributed by atoms with Gasteiger partial charge in [-0.1, -0.05) is 20.8 Å². The van der Waals surface area contributed by atoms with Gasteiger partial charge in [-0.15, -0.1) is 0 Å². The smallest absolute Gasteiger partial charge is 0.410 e. The summed E-state index contributed by atoms with van der Waals surface area (Å²) in [6.45, 7) is 12.5. The van der Waals surface area contributed by atoms with Crippen molar-refractivity contribution in [3.63, 3.8) is 0 Å². The Hall–Kier alpha value is -1.59. The van der Waals surface area contributed by atoms with Crippen LogP contribution >= 0.6 is 0 Å². The second-order valence-corrected chi connectivity index (χ2v) is 7.69. The Bertz CT molecular complexity index is 444. The molecule has 0 aromatic heterocycles. The van der Waals surface area contributed by atoms with Crippen LogP contribution in [0.25, 0.3) is 0 Å². The van der Waals surface area contributed by atoms with E-state index in [1.165, 1.54) is 9.91 Å². The van der Waals surface area contributed by atoms with Crippen molar-refractivity contribution < 1.29 is 14.3 Å². The first-order valence-electron chi connectivity index (χ1n) is 7.18. The summed E-state index contributed by atoms with van der Waals surface area (Å²) in [6.07, 6.45) is -0.143. The fourth-order valence-corrected chi connectivity index (χ4v) is 1.87. The molecule has 0 saturated heterocycles. The van der Waals surface area contributed by atoms with Crippen molar-refractivity contribution in [1.82, 2.24) is 9.91 Å². The lowest BCUT2D eigenvalue weighted by atomic mass is 9.97. The minimum atomic E-state index is -0.531. The number of hydrogen-bond acceptors (Lipinski definition) is 4. The normalized spacial score (nSPS) is 16.0. The Labute approximate surface area is 127 Å². The highest BCUT2D eigenvalue weighted by molar-refractivity contribution is 6.06. The van der Waals surface area contributed by atoms with Crippen molar-refractivity contribution in [1.29, 1.82) is 0 Å². The summed E-state index contributed by atoms with van der Waals surface area (Å²) in [5.74, 6) is -0.0162. The van der Waals surface area contributed by atoms with Crippen LogP contribution in [0.3, 0.4) is 0 Å². The van der Waals surface area contributed by atoms with Crippen molar-refractivity contribution in [2.75, 3.05) is 20.1 Å². The van der Waals surface area contributed by atoms with Crippen LogP contribution in [-0.2, 0) is 9.53 Å². The summed E-state index contributed by atoms with van der Waals surface area (Å²) in [4.78, 5) is 25.3. The number of ether oxygens (including phenoxy) is 1. The Morgan fingerprint density at radius 3 is 2.33 bits per heavy atom. The van der Waals surface area contributed by atoms with Crippen molar-refractivity contribution in [2.24, 2.45) is 10.5 Å². The number of carbonyl (C=O) groups excluding carboxylic acids is 2. The zero-order valence-corrected chi connectivity index (χ0v) is 14.2. The summed E-state index contributed by atoms with van der Waals surface area (Å²) in [6, 6.07) is 0. The number of hydrazone groups is 1. The van der Waals surface area contributed by atoms with E-state index in [9.17, 15) is 9.59 Å². The zero-order chi connectivity index (χ0) is 16.4. The molecule has 0 N–H and O–H groups in total. The highest BCUT2D eigenvalue weighted by atomic mass is 16.6. The molecule has 1 aliphatic heterocycles. The highest BCUT2D eigenvalue weighted by Crippen LogP contribution is 2.19. The van der Waals surface area contributed by atoms with Crippen molar-refractivity contribution in [2.45, 2.75) is 53.6 Å². The van der Waals surface area contributed by atoms with Gasteiger partial charge in [-0.3, -0.25) is 4.79 Å². The third-order valence-electron chi connectivity index (χ3n) is 2.65. The average Bonchev–Trinajstić information content (AvgIpc) is 2.53. The number of nitrogens with zero attached hydrogens (tertiary/aromatic N) is 3. The zero-order valence-electron chi connectivity index (χ0n) is 14.2. The van der Waals surface area contributed by atoms with Gasteiger partial charge in [0.25, 0.3) is 0 Å². The minimum Gasteiger partial charge on any atom is -0.444 e. The van der Waals surface area contributed by atoms with Gasteiger partial charge in [0.15, 0.2) is 0 Å². The molecule has 120 valence electrons. The summed E-state index contributed by atoms with van der Waals surface area (Å²) in [5.41, 5.74) is 0.153. The van der Waals surface area contributed by atoms with Gasteiger partial charge in [-0.05, 0) is 26.2 Å². The lowest BCUT2D eigenvalue weighted by Crippen LogP contribution is -2.37. The summed E-state index contributed by atoms with van der Waals surface area (Å²) >= 11 is 0. The molecular formula is C15H27N3O3. The molecule has 0 atom stereocenters. The largest absolute Gasteiger partial charge is 0.444 e. The van der Waals surface area contributed by atoms with E-state index in [4.69, 9.17) is 4.74 Å². The highest BCUT2D eigenvalue weighted by Gasteiger charge is 2.29. The standard InChI is InChI=1S/C15H27N3O3/c1-14(2,3)10-18-12(19)8-11(16-18)9-17(7)13(20)21-15(4,5)6/h8-10H2,1-7H3. The van der Waals surface area contributed by atoms with Crippen molar-refractivity contribution in [3.05, 3.63) is 0 Å². The van der Waals surface area contributed by atoms with E-state index in [0.29, 0.717) is 18.8 Å². The second-order valence-electron chi connectivity index (χ2n) is 7.69. The summed E-state index contributed by atoms with van der Waals surface area (Å²) in [5, 5.41) is 5.82. The lowest BCUT2D eigenvalue weighted by Gasteiger charge is -2.24. The topological polar surface area (TPSA) is 62.2 Å². The maximum atomic E-state index is 11.9. The maximum absolute atomic E-state index is 11.9. The van der Waals surface area contributed by atoms with Crippen LogP contribution in [0, 0.1) is 5.41 Å². The van der Waals surface area contributed by atoms with Crippen LogP contribution < -0.4 is 0 Å². The quantitative estimate of drug-likeness (QED) is 0.804. The Balaban J connectivity index is 2.61. The van der Waals surface area contributed by atoms with Gasteiger partial charge in [0.2, 0.25) is 5.91 Å². The maximum Gasteiger partial charge on any atom is 0.410 e. The predicted octanol–water partition coefficient (Wildman–Crippen LogP) is 2.49. The molecule has 6 nitrogen and oxygen atoms in total. The molecule has 1 heterocycles. The van der Waals surface area contributed by atoms with Crippen LogP contribution in [0.1, 0.15) is 48.0 Å². The Morgan fingerprint density at radius 2 is 1.86 bits per heavy atom. The molecule has 0 fully saturated rings. The molecule has 0 radical (unpaired) electrons. The summed E-state index contributed by atoms with van der Waals surface area (Å²) < 4.78 is 5.28. The first-order valence-corrected chi connectivity index (χ1v) is 7.18. The van der Waals surface area contributed by atoms with E-state index in [2.05, 4.69) is 25.9 Å². The molecule has 0 aliphatic carbocycles. The molecule has 1 rings (SSSR count). The molecule has 21 heavy (non-hydrogen) atoms. The third kappa shape index (κ3) is 6.14. The van der Waals surface area contributed by atoms with E-state index < -0.39 is 11.7 Å². The molecular weight excluding hydrogens is 270 g/mol. The SMILES string of the molecule is CN(CC1=NN(CC(C)(C)C)C(=O)C1)C(=O)OC(C)(C)C. The molecule has 0 saturated carbocycles. The first-order chi connectivity index (χ1) is 9.37. The third-order valence-corrected chi connectivity index (χ3v) is 2.65. The number of amides is 2. The van der Waals surface area contributed by atoms with Crippen LogP contribution in [0.4, 0.5) is 4.79 Å². The van der Waals surface area contributed by atoms with E-state index >= 15 is 0 Å². The summed E-state index contributed by atoms with van der Waals surface area (Å²) in [7, 11) is 1.65. The molecule has 2 amide bonds. The molecule has 0 unspecified atom stereocenters. The number of rotatable bonds is 3. The van der Waals surface area contributed by atoms with E-state index in [-0.39, 0.29) is 17.7 Å². The van der Waals surface area contributed by atoms with Gasteiger partial charge in [-0.2, -0.15) is 5.10 Å². The van der Waals surface area contributed by atoms with Crippen LogP contribution in [-0.4, -0.2) is 53.4 Å². The van der Waals surface area contributed by atoms with Gasteiger partial charge < -0.3 is 9.64 Å². The lowest BCUT2D eigenvalue weighted by molar-refractivity contribution is -0.129. The van der Waals surface area contributed by atoms with Crippen LogP contribution in [0.15, 0.2) is 5.10 Å². The number of hydrogen-bond donors (Lipinski definition) is 0. The fraction of sp³-hybridized carbons (Fsp3) is 0.800. The van der Waals surface area contributed by atoms with E-state index in [1.807, 2.05) is 20.8 Å². The van der Waals surface area contributed by atoms with Crippen LogP contribution in [0.2, 0.25) is 0 Å². The van der Waals surface area contributed by atoms with Crippen molar-refractivity contribution >= 4 is 17.7 Å². The van der Waals surface area contributed by atoms with Gasteiger partial charge >= 0.3 is 6.09 Å². The average molecular weight is 297 g/mol. The van der Waals surface area contributed by atoms with Gasteiger partial charge in [0.1, 0.15) is 5.60 Å². The monoisotopic (exact) mass is 297 g/mol. The Kier molecular flexibility index (Phi) is 5.02. The minimum absolute atomic E-state index is 0.00826. The molecule has 0 bridgehead atoms. The predicted molar refractivity (Wildman–Crippen MR) is 82.1 cm³/mol. The molecule has 6 heteroatoms. The molecule has 0 spiro atoms. The van der Waals surface area contributed by atoms with E-state index in [1.54, 1.807) is 7.05 Å².